The van der Waals surface area contributed by atoms with Crippen LogP contribution in [-0.4, -0.2) is 66.1 Å². The highest BCUT2D eigenvalue weighted by atomic mass is 32.2. The number of thioether (sulfide) groups is 1. The van der Waals surface area contributed by atoms with Gasteiger partial charge < -0.3 is 26.2 Å². The molecular formula is C15H27N3O6S. The summed E-state index contributed by atoms with van der Waals surface area (Å²) >= 11 is 1.12. The van der Waals surface area contributed by atoms with E-state index < -0.39 is 23.4 Å². The lowest BCUT2D eigenvalue weighted by Gasteiger charge is -2.28. The average Bonchev–Trinajstić information content (AvgIpc) is 2.55. The summed E-state index contributed by atoms with van der Waals surface area (Å²) in [5.41, 5.74) is 4.12. The van der Waals surface area contributed by atoms with Crippen molar-refractivity contribution in [3.8, 4) is 0 Å². The van der Waals surface area contributed by atoms with Crippen molar-refractivity contribution in [2.75, 3.05) is 32.0 Å². The monoisotopic (exact) mass is 377 g/mol. The normalized spacial score (nSPS) is 12.2. The molecule has 1 atom stereocenters. The lowest BCUT2D eigenvalue weighted by atomic mass is 9.87. The Balaban J connectivity index is 4.08. The number of nitrogens with one attached hydrogen (secondary N) is 2. The Labute approximate surface area is 151 Å². The molecule has 9 nitrogen and oxygen atoms in total. The molecular weight excluding hydrogens is 350 g/mol. The van der Waals surface area contributed by atoms with Crippen LogP contribution in [0.1, 0.15) is 27.2 Å². The van der Waals surface area contributed by atoms with Crippen LogP contribution in [0.5, 0.6) is 0 Å². The van der Waals surface area contributed by atoms with Crippen LogP contribution in [0.2, 0.25) is 0 Å². The molecule has 5 N–H and O–H groups in total. The van der Waals surface area contributed by atoms with E-state index >= 15 is 0 Å². The van der Waals surface area contributed by atoms with Gasteiger partial charge in [-0.15, -0.1) is 0 Å². The summed E-state index contributed by atoms with van der Waals surface area (Å²) in [6.07, 6.45) is -1.36. The Kier molecular flexibility index (Phi) is 11.0. The van der Waals surface area contributed by atoms with Crippen LogP contribution < -0.4 is 16.4 Å². The van der Waals surface area contributed by atoms with E-state index in [1.54, 1.807) is 13.8 Å². The number of aliphatic hydroxyl groups excluding tert-OH is 1. The van der Waals surface area contributed by atoms with E-state index in [0.717, 1.165) is 11.8 Å². The molecule has 2 amide bonds. The second-order valence-corrected chi connectivity index (χ2v) is 7.26. The van der Waals surface area contributed by atoms with Gasteiger partial charge in [0.1, 0.15) is 6.10 Å². The minimum Gasteiger partial charge on any atom is -0.464 e. The maximum atomic E-state index is 11.9. The highest BCUT2D eigenvalue weighted by molar-refractivity contribution is 8.13. The molecule has 0 aromatic heterocycles. The molecule has 10 heteroatoms. The number of carbonyl (C=O) groups is 4. The van der Waals surface area contributed by atoms with Gasteiger partial charge >= 0.3 is 5.97 Å². The van der Waals surface area contributed by atoms with Gasteiger partial charge in [0.25, 0.3) is 0 Å². The fraction of sp³-hybridized carbons (Fsp3) is 0.733. The number of carbonyl (C=O) groups excluding carboxylic acids is 4. The summed E-state index contributed by atoms with van der Waals surface area (Å²) in [7, 11) is 0. The molecule has 0 aromatic carbocycles. The zero-order chi connectivity index (χ0) is 19.5. The van der Waals surface area contributed by atoms with E-state index in [1.807, 2.05) is 0 Å². The van der Waals surface area contributed by atoms with Gasteiger partial charge in [-0.2, -0.15) is 0 Å². The Bertz CT molecular complexity index is 484. The lowest BCUT2D eigenvalue weighted by molar-refractivity contribution is -0.152. The van der Waals surface area contributed by atoms with Crippen molar-refractivity contribution in [3.63, 3.8) is 0 Å². The molecule has 0 radical (unpaired) electrons. The van der Waals surface area contributed by atoms with E-state index in [4.69, 9.17) is 10.5 Å². The van der Waals surface area contributed by atoms with Crippen LogP contribution >= 0.6 is 11.8 Å². The number of hydrogen-bond acceptors (Lipinski definition) is 8. The molecule has 0 unspecified atom stereocenters. The molecule has 25 heavy (non-hydrogen) atoms. The van der Waals surface area contributed by atoms with Crippen molar-refractivity contribution in [2.24, 2.45) is 11.1 Å². The molecule has 0 aliphatic rings. The van der Waals surface area contributed by atoms with Crippen molar-refractivity contribution in [1.29, 1.82) is 0 Å². The average molecular weight is 377 g/mol. The molecule has 0 rings (SSSR count). The van der Waals surface area contributed by atoms with Crippen LogP contribution in [0.15, 0.2) is 0 Å². The number of hydrogen-bond donors (Lipinski definition) is 4. The lowest BCUT2D eigenvalue weighted by Crippen LogP contribution is -2.47. The first-order chi connectivity index (χ1) is 11.6. The Morgan fingerprint density at radius 3 is 2.40 bits per heavy atom. The summed E-state index contributed by atoms with van der Waals surface area (Å²) in [6, 6.07) is 0. The minimum atomic E-state index is -1.41. The van der Waals surface area contributed by atoms with Crippen molar-refractivity contribution in [2.45, 2.75) is 33.3 Å². The van der Waals surface area contributed by atoms with Gasteiger partial charge in [0, 0.05) is 37.6 Å². The maximum absolute atomic E-state index is 11.9. The predicted molar refractivity (Wildman–Crippen MR) is 93.6 cm³/mol. The third-order valence-corrected chi connectivity index (χ3v) is 3.96. The van der Waals surface area contributed by atoms with E-state index in [2.05, 4.69) is 10.6 Å². The van der Waals surface area contributed by atoms with Gasteiger partial charge in [-0.1, -0.05) is 25.6 Å². The van der Waals surface area contributed by atoms with Crippen LogP contribution in [0, 0.1) is 5.41 Å². The summed E-state index contributed by atoms with van der Waals surface area (Å²) in [4.78, 5) is 45.3. The fourth-order valence-electron chi connectivity index (χ4n) is 1.63. The summed E-state index contributed by atoms with van der Waals surface area (Å²) in [5.74, 6) is -1.06. The van der Waals surface area contributed by atoms with Gasteiger partial charge in [-0.05, 0) is 0 Å². The predicted octanol–water partition coefficient (Wildman–Crippen LogP) is -1.22. The van der Waals surface area contributed by atoms with E-state index in [0.29, 0.717) is 12.3 Å². The fourth-order valence-corrected chi connectivity index (χ4v) is 2.12. The SMILES string of the molecule is CC(=O)SCCNC(=O)CCNC(=O)[C@H](O)C(C)(C)COC(=O)CN. The molecule has 0 spiro atoms. The first kappa shape index (κ1) is 23.4. The minimum absolute atomic E-state index is 0.0183. The van der Waals surface area contributed by atoms with Crippen molar-refractivity contribution in [3.05, 3.63) is 0 Å². The van der Waals surface area contributed by atoms with Crippen molar-refractivity contribution >= 4 is 34.7 Å². The molecule has 0 heterocycles. The molecule has 0 bridgehead atoms. The smallest absolute Gasteiger partial charge is 0.319 e. The molecule has 0 aliphatic heterocycles. The second-order valence-electron chi connectivity index (χ2n) is 5.99. The standard InChI is InChI=1S/C15H27N3O6S/c1-10(19)25-7-6-17-11(20)4-5-18-14(23)13(22)15(2,3)9-24-12(21)8-16/h13,22H,4-9,16H2,1-3H3,(H,17,20)(H,18,23)/t13-/m0/s1. The van der Waals surface area contributed by atoms with Gasteiger partial charge in [0.05, 0.1) is 13.2 Å². The van der Waals surface area contributed by atoms with Gasteiger partial charge in [0.2, 0.25) is 11.8 Å². The highest BCUT2D eigenvalue weighted by Crippen LogP contribution is 2.21. The number of aliphatic hydroxyl groups is 1. The molecule has 0 saturated carbocycles. The first-order valence-corrected chi connectivity index (χ1v) is 8.80. The third-order valence-electron chi connectivity index (χ3n) is 3.14. The number of rotatable bonds is 11. The van der Waals surface area contributed by atoms with E-state index in [1.165, 1.54) is 6.92 Å². The van der Waals surface area contributed by atoms with Crippen LogP contribution in [0.4, 0.5) is 0 Å². The molecule has 0 aliphatic carbocycles. The first-order valence-electron chi connectivity index (χ1n) is 7.81. The number of esters is 1. The van der Waals surface area contributed by atoms with Gasteiger partial charge in [-0.3, -0.25) is 19.2 Å². The van der Waals surface area contributed by atoms with Gasteiger partial charge in [-0.25, -0.2) is 0 Å². The largest absolute Gasteiger partial charge is 0.464 e. The summed E-state index contributed by atoms with van der Waals surface area (Å²) in [6.45, 7) is 4.57. The Morgan fingerprint density at radius 2 is 1.84 bits per heavy atom. The summed E-state index contributed by atoms with van der Waals surface area (Å²) < 4.78 is 4.85. The van der Waals surface area contributed by atoms with Crippen molar-refractivity contribution < 1.29 is 29.0 Å². The maximum Gasteiger partial charge on any atom is 0.319 e. The van der Waals surface area contributed by atoms with E-state index in [9.17, 15) is 24.3 Å². The molecule has 0 fully saturated rings. The zero-order valence-electron chi connectivity index (χ0n) is 14.8. The number of amides is 2. The number of ether oxygens (including phenoxy) is 1. The quantitative estimate of drug-likeness (QED) is 0.259. The topological polar surface area (TPSA) is 148 Å². The van der Waals surface area contributed by atoms with Crippen LogP contribution in [0.3, 0.4) is 0 Å². The molecule has 0 aromatic rings. The molecule has 144 valence electrons. The Hall–Kier alpha value is -1.65. The van der Waals surface area contributed by atoms with Crippen LogP contribution in [0.25, 0.3) is 0 Å². The van der Waals surface area contributed by atoms with Crippen molar-refractivity contribution in [1.82, 2.24) is 10.6 Å². The summed E-state index contributed by atoms with van der Waals surface area (Å²) in [5, 5.41) is 15.1. The zero-order valence-corrected chi connectivity index (χ0v) is 15.6. The van der Waals surface area contributed by atoms with Crippen LogP contribution in [-0.2, 0) is 23.9 Å². The number of nitrogens with two attached hydrogens (primary N) is 1. The third kappa shape index (κ3) is 10.7. The molecule has 0 saturated heterocycles. The highest BCUT2D eigenvalue weighted by Gasteiger charge is 2.34. The second kappa shape index (κ2) is 11.8. The van der Waals surface area contributed by atoms with E-state index in [-0.39, 0.29) is 37.1 Å². The Morgan fingerprint density at radius 1 is 1.20 bits per heavy atom. The van der Waals surface area contributed by atoms with Gasteiger partial charge in [0.15, 0.2) is 5.12 Å².